The Hall–Kier alpha value is -3.89. The smallest absolute Gasteiger partial charge is 0.323 e. The highest BCUT2D eigenvalue weighted by Gasteiger charge is 2.38. The molecule has 0 atom stereocenters. The largest absolute Gasteiger partial charge is 0.480 e. The van der Waals surface area contributed by atoms with Gasteiger partial charge in [0.2, 0.25) is 0 Å². The Balaban J connectivity index is 2.43. The first-order valence-corrected chi connectivity index (χ1v) is 6.70. The van der Waals surface area contributed by atoms with Gasteiger partial charge in [-0.25, -0.2) is 0 Å². The lowest BCUT2D eigenvalue weighted by Gasteiger charge is -2.25. The van der Waals surface area contributed by atoms with E-state index in [1.54, 1.807) is 0 Å². The van der Waals surface area contributed by atoms with Crippen molar-refractivity contribution in [1.29, 1.82) is 0 Å². The number of imide groups is 1. The third-order valence-electron chi connectivity index (χ3n) is 3.75. The summed E-state index contributed by atoms with van der Waals surface area (Å²) in [5, 5.41) is 30.6. The number of hydrogen-bond donors (Lipinski definition) is 1. The van der Waals surface area contributed by atoms with Crippen LogP contribution in [0.25, 0.3) is 10.8 Å². The van der Waals surface area contributed by atoms with E-state index in [4.69, 9.17) is 5.11 Å². The number of non-ortho nitro benzene ring substituents is 2. The zero-order valence-electron chi connectivity index (χ0n) is 12.2. The van der Waals surface area contributed by atoms with Crippen LogP contribution in [0, 0.1) is 20.2 Å². The predicted molar refractivity (Wildman–Crippen MR) is 80.3 cm³/mol. The van der Waals surface area contributed by atoms with E-state index in [9.17, 15) is 34.6 Å². The Morgan fingerprint density at radius 1 is 0.920 bits per heavy atom. The van der Waals surface area contributed by atoms with Crippen LogP contribution < -0.4 is 0 Å². The van der Waals surface area contributed by atoms with Gasteiger partial charge in [-0.3, -0.25) is 39.5 Å². The van der Waals surface area contributed by atoms with Crippen molar-refractivity contribution < 1.29 is 29.3 Å². The monoisotopic (exact) mass is 345 g/mol. The fourth-order valence-electron chi connectivity index (χ4n) is 2.78. The van der Waals surface area contributed by atoms with Crippen LogP contribution in [0.15, 0.2) is 24.3 Å². The highest BCUT2D eigenvalue weighted by atomic mass is 16.6. The van der Waals surface area contributed by atoms with Gasteiger partial charge in [0, 0.05) is 28.6 Å². The van der Waals surface area contributed by atoms with Crippen molar-refractivity contribution >= 4 is 39.9 Å². The summed E-state index contributed by atoms with van der Waals surface area (Å²) in [4.78, 5) is 56.9. The average Bonchev–Trinajstić information content (AvgIpc) is 2.54. The van der Waals surface area contributed by atoms with E-state index in [-0.39, 0.29) is 16.5 Å². The van der Waals surface area contributed by atoms with Crippen LogP contribution in [0.2, 0.25) is 0 Å². The van der Waals surface area contributed by atoms with Crippen molar-refractivity contribution in [2.75, 3.05) is 6.54 Å². The molecule has 0 aromatic heterocycles. The van der Waals surface area contributed by atoms with E-state index in [1.807, 2.05) is 0 Å². The number of aliphatic carboxylic acids is 1. The first-order valence-electron chi connectivity index (χ1n) is 6.70. The molecular weight excluding hydrogens is 338 g/mol. The summed E-state index contributed by atoms with van der Waals surface area (Å²) in [6.07, 6.45) is 0. The molecule has 0 aliphatic carbocycles. The van der Waals surface area contributed by atoms with Crippen LogP contribution in [0.5, 0.6) is 0 Å². The molecule has 25 heavy (non-hydrogen) atoms. The third-order valence-corrected chi connectivity index (χ3v) is 3.75. The second-order valence-corrected chi connectivity index (χ2v) is 5.12. The minimum atomic E-state index is -1.43. The van der Waals surface area contributed by atoms with Gasteiger partial charge >= 0.3 is 5.97 Å². The molecule has 11 heteroatoms. The molecule has 3 rings (SSSR count). The predicted octanol–water partition coefficient (Wildman–Crippen LogP) is 1.34. The van der Waals surface area contributed by atoms with Gasteiger partial charge in [-0.05, 0) is 12.1 Å². The minimum Gasteiger partial charge on any atom is -0.480 e. The van der Waals surface area contributed by atoms with Crippen molar-refractivity contribution in [2.24, 2.45) is 0 Å². The highest BCUT2D eigenvalue weighted by Crippen LogP contribution is 2.40. The van der Waals surface area contributed by atoms with Crippen LogP contribution in [0.3, 0.4) is 0 Å². The number of carbonyl (C=O) groups is 3. The van der Waals surface area contributed by atoms with Gasteiger partial charge in [0.25, 0.3) is 23.2 Å². The lowest BCUT2D eigenvalue weighted by molar-refractivity contribution is -0.390. The molecule has 0 unspecified atom stereocenters. The molecule has 0 bridgehead atoms. The maximum absolute atomic E-state index is 12.4. The number of benzene rings is 2. The van der Waals surface area contributed by atoms with E-state index in [0.717, 1.165) is 24.3 Å². The van der Waals surface area contributed by atoms with E-state index in [0.29, 0.717) is 4.90 Å². The molecule has 2 amide bonds. The number of nitro benzene ring substituents is 2. The van der Waals surface area contributed by atoms with Gasteiger partial charge < -0.3 is 5.11 Å². The van der Waals surface area contributed by atoms with Gasteiger partial charge in [0.05, 0.1) is 9.85 Å². The molecule has 1 heterocycles. The summed E-state index contributed by atoms with van der Waals surface area (Å²) < 4.78 is 0. The second kappa shape index (κ2) is 5.33. The standard InChI is InChI=1S/C14H7N3O8/c18-10(19)5-15-13(20)6-1-3-8(16(22)23)12-9(17(24)25)4-2-7(11(6)12)14(15)21/h1-4H,5H2,(H,18,19). The molecule has 0 radical (unpaired) electrons. The van der Waals surface area contributed by atoms with Crippen LogP contribution in [-0.4, -0.2) is 44.2 Å². The first-order chi connectivity index (χ1) is 11.7. The van der Waals surface area contributed by atoms with Crippen molar-refractivity contribution in [3.63, 3.8) is 0 Å². The maximum atomic E-state index is 12.4. The Kier molecular flexibility index (Phi) is 3.41. The lowest BCUT2D eigenvalue weighted by atomic mass is 9.92. The summed E-state index contributed by atoms with van der Waals surface area (Å²) in [5.74, 6) is -3.40. The fourth-order valence-corrected chi connectivity index (χ4v) is 2.78. The molecule has 11 nitrogen and oxygen atoms in total. The lowest BCUT2D eigenvalue weighted by Crippen LogP contribution is -2.43. The van der Waals surface area contributed by atoms with Gasteiger partial charge in [0.1, 0.15) is 11.9 Å². The molecule has 1 aliphatic rings. The summed E-state index contributed by atoms with van der Waals surface area (Å²) in [5.41, 5.74) is -1.67. The Morgan fingerprint density at radius 3 is 1.72 bits per heavy atom. The number of hydrogen-bond acceptors (Lipinski definition) is 7. The molecule has 0 saturated carbocycles. The molecular formula is C14H7N3O8. The summed E-state index contributed by atoms with van der Waals surface area (Å²) in [6.45, 7) is -0.896. The molecule has 1 N–H and O–H groups in total. The van der Waals surface area contributed by atoms with E-state index < -0.39 is 50.9 Å². The molecule has 1 aliphatic heterocycles. The number of amides is 2. The van der Waals surface area contributed by atoms with E-state index >= 15 is 0 Å². The topological polar surface area (TPSA) is 161 Å². The number of nitrogens with zero attached hydrogens (tertiary/aromatic N) is 3. The molecule has 2 aromatic rings. The Bertz CT molecular complexity index is 944. The Labute approximate surface area is 137 Å². The van der Waals surface area contributed by atoms with Gasteiger partial charge in [-0.2, -0.15) is 0 Å². The summed E-state index contributed by atoms with van der Waals surface area (Å²) in [7, 11) is 0. The zero-order valence-corrected chi connectivity index (χ0v) is 12.2. The minimum absolute atomic E-state index is 0.208. The zero-order chi connectivity index (χ0) is 18.5. The van der Waals surface area contributed by atoms with Crippen molar-refractivity contribution in [3.8, 4) is 0 Å². The van der Waals surface area contributed by atoms with Crippen LogP contribution in [0.1, 0.15) is 20.7 Å². The SMILES string of the molecule is O=C(O)CN1C(=O)c2ccc([N+](=O)[O-])c3c([N+](=O)[O-])ccc(c23)C1=O. The summed E-state index contributed by atoms with van der Waals surface area (Å²) in [6, 6.07) is 3.94. The number of carboxylic acids is 1. The number of rotatable bonds is 4. The first kappa shape index (κ1) is 16.0. The van der Waals surface area contributed by atoms with Gasteiger partial charge in [-0.1, -0.05) is 0 Å². The molecule has 2 aromatic carbocycles. The number of carbonyl (C=O) groups excluding carboxylic acids is 2. The van der Waals surface area contributed by atoms with Gasteiger partial charge in [0.15, 0.2) is 0 Å². The normalized spacial score (nSPS) is 13.2. The number of carboxylic acid groups (broad SMARTS) is 1. The van der Waals surface area contributed by atoms with Crippen molar-refractivity contribution in [3.05, 3.63) is 55.6 Å². The van der Waals surface area contributed by atoms with E-state index in [2.05, 4.69) is 0 Å². The maximum Gasteiger partial charge on any atom is 0.323 e. The summed E-state index contributed by atoms with van der Waals surface area (Å²) >= 11 is 0. The third kappa shape index (κ3) is 2.25. The van der Waals surface area contributed by atoms with E-state index in [1.165, 1.54) is 0 Å². The number of nitro groups is 2. The molecule has 0 spiro atoms. The average molecular weight is 345 g/mol. The second-order valence-electron chi connectivity index (χ2n) is 5.12. The van der Waals surface area contributed by atoms with Crippen molar-refractivity contribution in [2.45, 2.75) is 0 Å². The van der Waals surface area contributed by atoms with Crippen molar-refractivity contribution in [1.82, 2.24) is 4.90 Å². The van der Waals surface area contributed by atoms with Crippen LogP contribution in [0.4, 0.5) is 11.4 Å². The molecule has 0 saturated heterocycles. The molecule has 126 valence electrons. The highest BCUT2D eigenvalue weighted by molar-refractivity contribution is 6.28. The van der Waals surface area contributed by atoms with Crippen LogP contribution >= 0.6 is 0 Å². The fraction of sp³-hybridized carbons (Fsp3) is 0.0714. The molecule has 0 fully saturated rings. The Morgan fingerprint density at radius 2 is 1.36 bits per heavy atom. The quantitative estimate of drug-likeness (QED) is 0.493. The van der Waals surface area contributed by atoms with Crippen LogP contribution in [-0.2, 0) is 4.79 Å². The van der Waals surface area contributed by atoms with Gasteiger partial charge in [-0.15, -0.1) is 0 Å².